The van der Waals surface area contributed by atoms with Crippen molar-refractivity contribution in [2.75, 3.05) is 25.1 Å². The Kier molecular flexibility index (Phi) is 6.70. The van der Waals surface area contributed by atoms with Crippen LogP contribution in [0, 0.1) is 11.8 Å². The molecule has 0 radical (unpaired) electrons. The second-order valence-corrected chi connectivity index (χ2v) is 7.30. The second kappa shape index (κ2) is 9.20. The maximum absolute atomic E-state index is 12.3. The third kappa shape index (κ3) is 5.44. The van der Waals surface area contributed by atoms with E-state index in [4.69, 9.17) is 15.2 Å². The van der Waals surface area contributed by atoms with Gasteiger partial charge in [0.1, 0.15) is 5.75 Å². The Morgan fingerprint density at radius 1 is 1.12 bits per heavy atom. The maximum atomic E-state index is 12.3. The van der Waals surface area contributed by atoms with Crippen LogP contribution in [0.4, 0.5) is 5.69 Å². The molecule has 0 spiro atoms. The molecule has 1 aliphatic carbocycles. The van der Waals surface area contributed by atoms with Crippen LogP contribution >= 0.6 is 0 Å². The van der Waals surface area contributed by atoms with Gasteiger partial charge in [0.2, 0.25) is 5.91 Å². The number of anilines is 1. The molecule has 138 valence electrons. The minimum Gasteiger partial charge on any atom is -0.493 e. The van der Waals surface area contributed by atoms with E-state index in [-0.39, 0.29) is 11.8 Å². The van der Waals surface area contributed by atoms with E-state index in [0.29, 0.717) is 19.1 Å². The van der Waals surface area contributed by atoms with E-state index in [1.165, 1.54) is 32.1 Å². The summed E-state index contributed by atoms with van der Waals surface area (Å²) >= 11 is 0. The molecule has 1 heterocycles. The Bertz CT molecular complexity index is 534. The standard InChI is InChI=1S/C20H30N2O3/c21-19(16-10-12-24-13-11-16)20(23)22-17-6-8-18(9-7-17)25-14-15-4-2-1-3-5-15/h6-9,15-16,19H,1-5,10-14,21H2,(H,22,23). The molecule has 0 aromatic heterocycles. The van der Waals surface area contributed by atoms with E-state index in [1.807, 2.05) is 24.3 Å². The lowest BCUT2D eigenvalue weighted by Crippen LogP contribution is -2.43. The lowest BCUT2D eigenvalue weighted by atomic mass is 9.90. The molecule has 25 heavy (non-hydrogen) atoms. The summed E-state index contributed by atoms with van der Waals surface area (Å²) in [7, 11) is 0. The molecule has 1 saturated carbocycles. The van der Waals surface area contributed by atoms with E-state index in [1.54, 1.807) is 0 Å². The summed E-state index contributed by atoms with van der Waals surface area (Å²) in [5.41, 5.74) is 6.87. The summed E-state index contributed by atoms with van der Waals surface area (Å²) in [6, 6.07) is 7.11. The van der Waals surface area contributed by atoms with Crippen LogP contribution in [-0.2, 0) is 9.53 Å². The molecule has 1 aliphatic heterocycles. The molecule has 1 saturated heterocycles. The van der Waals surface area contributed by atoms with Gasteiger partial charge >= 0.3 is 0 Å². The van der Waals surface area contributed by atoms with Gasteiger partial charge in [0.25, 0.3) is 0 Å². The Hall–Kier alpha value is -1.59. The average molecular weight is 346 g/mol. The highest BCUT2D eigenvalue weighted by molar-refractivity contribution is 5.94. The van der Waals surface area contributed by atoms with Gasteiger partial charge in [-0.05, 0) is 61.8 Å². The molecule has 1 aromatic carbocycles. The van der Waals surface area contributed by atoms with Crippen molar-refractivity contribution in [2.45, 2.75) is 51.0 Å². The van der Waals surface area contributed by atoms with Crippen molar-refractivity contribution in [1.82, 2.24) is 0 Å². The number of hydrogen-bond acceptors (Lipinski definition) is 4. The van der Waals surface area contributed by atoms with Crippen LogP contribution in [0.25, 0.3) is 0 Å². The number of carbonyl (C=O) groups is 1. The predicted octanol–water partition coefficient (Wildman–Crippen LogP) is 3.34. The van der Waals surface area contributed by atoms with E-state index in [0.717, 1.165) is 30.9 Å². The predicted molar refractivity (Wildman–Crippen MR) is 98.7 cm³/mol. The molecule has 2 fully saturated rings. The highest BCUT2D eigenvalue weighted by Gasteiger charge is 2.26. The van der Waals surface area contributed by atoms with Crippen LogP contribution in [0.15, 0.2) is 24.3 Å². The molecule has 3 rings (SSSR count). The molecule has 1 unspecified atom stereocenters. The van der Waals surface area contributed by atoms with Crippen molar-refractivity contribution in [1.29, 1.82) is 0 Å². The molecule has 1 aromatic rings. The van der Waals surface area contributed by atoms with E-state index in [9.17, 15) is 4.79 Å². The SMILES string of the molecule is NC(C(=O)Nc1ccc(OCC2CCCCC2)cc1)C1CCOCC1. The third-order valence-electron chi connectivity index (χ3n) is 5.41. The molecular formula is C20H30N2O3. The van der Waals surface area contributed by atoms with Crippen LogP contribution in [0.1, 0.15) is 44.9 Å². The highest BCUT2D eigenvalue weighted by atomic mass is 16.5. The van der Waals surface area contributed by atoms with Crippen molar-refractivity contribution in [2.24, 2.45) is 17.6 Å². The van der Waals surface area contributed by atoms with Crippen molar-refractivity contribution >= 4 is 11.6 Å². The van der Waals surface area contributed by atoms with Gasteiger partial charge in [-0.3, -0.25) is 4.79 Å². The number of nitrogens with two attached hydrogens (primary N) is 1. The minimum atomic E-state index is -0.480. The van der Waals surface area contributed by atoms with Gasteiger partial charge < -0.3 is 20.5 Å². The number of hydrogen-bond donors (Lipinski definition) is 2. The topological polar surface area (TPSA) is 73.6 Å². The zero-order chi connectivity index (χ0) is 17.5. The average Bonchev–Trinajstić information content (AvgIpc) is 2.68. The largest absolute Gasteiger partial charge is 0.493 e. The third-order valence-corrected chi connectivity index (χ3v) is 5.41. The Labute approximate surface area is 150 Å². The van der Waals surface area contributed by atoms with Crippen molar-refractivity contribution in [3.8, 4) is 5.75 Å². The van der Waals surface area contributed by atoms with Gasteiger partial charge in [0.15, 0.2) is 0 Å². The second-order valence-electron chi connectivity index (χ2n) is 7.30. The van der Waals surface area contributed by atoms with Gasteiger partial charge in [-0.1, -0.05) is 19.3 Å². The fraction of sp³-hybridized carbons (Fsp3) is 0.650. The van der Waals surface area contributed by atoms with Crippen LogP contribution in [0.3, 0.4) is 0 Å². The lowest BCUT2D eigenvalue weighted by Gasteiger charge is -2.26. The van der Waals surface area contributed by atoms with Crippen LogP contribution in [0.5, 0.6) is 5.75 Å². The highest BCUT2D eigenvalue weighted by Crippen LogP contribution is 2.25. The summed E-state index contributed by atoms with van der Waals surface area (Å²) in [4.78, 5) is 12.3. The van der Waals surface area contributed by atoms with Crippen LogP contribution in [0.2, 0.25) is 0 Å². The molecular weight excluding hydrogens is 316 g/mol. The number of amides is 1. The first-order chi connectivity index (χ1) is 12.2. The molecule has 5 heteroatoms. The molecule has 1 atom stereocenters. The summed E-state index contributed by atoms with van der Waals surface area (Å²) in [6.07, 6.45) is 8.27. The maximum Gasteiger partial charge on any atom is 0.241 e. The smallest absolute Gasteiger partial charge is 0.241 e. The molecule has 5 nitrogen and oxygen atoms in total. The number of carbonyl (C=O) groups excluding carboxylic acids is 1. The summed E-state index contributed by atoms with van der Waals surface area (Å²) < 4.78 is 11.2. The first-order valence-electron chi connectivity index (χ1n) is 9.59. The van der Waals surface area contributed by atoms with Crippen molar-refractivity contribution in [3.63, 3.8) is 0 Å². The summed E-state index contributed by atoms with van der Waals surface area (Å²) in [5, 5.41) is 2.91. The Morgan fingerprint density at radius 3 is 2.48 bits per heavy atom. The van der Waals surface area contributed by atoms with Gasteiger partial charge in [-0.25, -0.2) is 0 Å². The zero-order valence-corrected chi connectivity index (χ0v) is 14.9. The molecule has 3 N–H and O–H groups in total. The number of nitrogens with one attached hydrogen (secondary N) is 1. The fourth-order valence-electron chi connectivity index (χ4n) is 3.72. The van der Waals surface area contributed by atoms with Crippen molar-refractivity contribution in [3.05, 3.63) is 24.3 Å². The minimum absolute atomic E-state index is 0.122. The van der Waals surface area contributed by atoms with E-state index >= 15 is 0 Å². The van der Waals surface area contributed by atoms with E-state index in [2.05, 4.69) is 5.32 Å². The summed E-state index contributed by atoms with van der Waals surface area (Å²) in [6.45, 7) is 2.18. The number of rotatable bonds is 6. The van der Waals surface area contributed by atoms with E-state index < -0.39 is 6.04 Å². The Morgan fingerprint density at radius 2 is 1.80 bits per heavy atom. The van der Waals surface area contributed by atoms with Gasteiger partial charge in [-0.15, -0.1) is 0 Å². The van der Waals surface area contributed by atoms with Crippen molar-refractivity contribution < 1.29 is 14.3 Å². The summed E-state index contributed by atoms with van der Waals surface area (Å²) in [5.74, 6) is 1.62. The molecule has 1 amide bonds. The normalized spacial score (nSPS) is 20.8. The van der Waals surface area contributed by atoms with Gasteiger partial charge in [0, 0.05) is 18.9 Å². The number of ether oxygens (including phenoxy) is 2. The monoisotopic (exact) mass is 346 g/mol. The van der Waals surface area contributed by atoms with Gasteiger partial charge in [0.05, 0.1) is 12.6 Å². The van der Waals surface area contributed by atoms with Crippen LogP contribution in [-0.4, -0.2) is 31.8 Å². The number of benzene rings is 1. The lowest BCUT2D eigenvalue weighted by molar-refractivity contribution is -0.119. The fourth-order valence-corrected chi connectivity index (χ4v) is 3.72. The zero-order valence-electron chi connectivity index (χ0n) is 14.9. The van der Waals surface area contributed by atoms with Crippen LogP contribution < -0.4 is 15.8 Å². The Balaban J connectivity index is 1.45. The first kappa shape index (κ1) is 18.2. The first-order valence-corrected chi connectivity index (χ1v) is 9.59. The molecule has 0 bridgehead atoms. The quantitative estimate of drug-likeness (QED) is 0.828. The van der Waals surface area contributed by atoms with Gasteiger partial charge in [-0.2, -0.15) is 0 Å². The molecule has 2 aliphatic rings.